The smallest absolute Gasteiger partial charge is 0.374 e. The number of aromatic carboxylic acids is 1. The molecule has 0 unspecified atom stereocenters. The van der Waals surface area contributed by atoms with E-state index in [1.54, 1.807) is 12.1 Å². The summed E-state index contributed by atoms with van der Waals surface area (Å²) in [5.41, 5.74) is 1.08. The Kier molecular flexibility index (Phi) is 3.38. The maximum absolute atomic E-state index is 13.6. The van der Waals surface area contributed by atoms with Crippen molar-refractivity contribution in [2.75, 3.05) is 7.11 Å². The summed E-state index contributed by atoms with van der Waals surface area (Å²) in [6.07, 6.45) is 0. The molecule has 0 aliphatic heterocycles. The maximum atomic E-state index is 13.6. The lowest BCUT2D eigenvalue weighted by molar-refractivity contribution is 0.0652. The van der Waals surface area contributed by atoms with Crippen LogP contribution in [-0.2, 0) is 11.3 Å². The molecule has 0 radical (unpaired) electrons. The number of hydrogen-bond donors (Lipinski definition) is 1. The van der Waals surface area contributed by atoms with Crippen LogP contribution in [0.15, 0.2) is 28.8 Å². The number of rotatable bonds is 4. The highest BCUT2D eigenvalue weighted by molar-refractivity contribution is 5.85. The van der Waals surface area contributed by atoms with Crippen molar-refractivity contribution in [3.05, 3.63) is 41.4 Å². The van der Waals surface area contributed by atoms with Gasteiger partial charge in [0.05, 0.1) is 6.61 Å². The van der Waals surface area contributed by atoms with Gasteiger partial charge in [0.2, 0.25) is 5.76 Å². The maximum Gasteiger partial charge on any atom is 0.374 e. The van der Waals surface area contributed by atoms with E-state index in [-0.39, 0.29) is 17.0 Å². The van der Waals surface area contributed by atoms with E-state index in [1.165, 1.54) is 19.2 Å². The third-order valence-corrected chi connectivity index (χ3v) is 2.34. The molecule has 2 aromatic rings. The monoisotopic (exact) mass is 251 g/mol. The van der Waals surface area contributed by atoms with Gasteiger partial charge in [-0.1, -0.05) is 11.2 Å². The van der Waals surface area contributed by atoms with Gasteiger partial charge in [0.25, 0.3) is 0 Å². The Balaban J connectivity index is 2.41. The minimum atomic E-state index is -1.25. The zero-order valence-electron chi connectivity index (χ0n) is 9.51. The number of carboxylic acid groups (broad SMARTS) is 1. The van der Waals surface area contributed by atoms with Crippen LogP contribution in [0.1, 0.15) is 16.1 Å². The molecule has 0 aliphatic carbocycles. The third-order valence-electron chi connectivity index (χ3n) is 2.34. The van der Waals surface area contributed by atoms with Gasteiger partial charge in [-0.05, 0) is 17.7 Å². The fourth-order valence-corrected chi connectivity index (χ4v) is 1.53. The van der Waals surface area contributed by atoms with Gasteiger partial charge in [-0.25, -0.2) is 9.18 Å². The highest BCUT2D eigenvalue weighted by Crippen LogP contribution is 2.24. The summed E-state index contributed by atoms with van der Waals surface area (Å²) in [4.78, 5) is 10.7. The average Bonchev–Trinajstić information content (AvgIpc) is 2.81. The van der Waals surface area contributed by atoms with E-state index in [2.05, 4.69) is 9.68 Å². The van der Waals surface area contributed by atoms with Gasteiger partial charge in [0, 0.05) is 18.7 Å². The lowest BCUT2D eigenvalue weighted by Gasteiger charge is -2.03. The second-order valence-electron chi connectivity index (χ2n) is 3.63. The Morgan fingerprint density at radius 3 is 2.89 bits per heavy atom. The van der Waals surface area contributed by atoms with Crippen LogP contribution < -0.4 is 0 Å². The fourth-order valence-electron chi connectivity index (χ4n) is 1.53. The van der Waals surface area contributed by atoms with Crippen molar-refractivity contribution in [1.29, 1.82) is 0 Å². The van der Waals surface area contributed by atoms with Crippen LogP contribution in [0.3, 0.4) is 0 Å². The molecule has 0 amide bonds. The third kappa shape index (κ3) is 2.38. The lowest BCUT2D eigenvalue weighted by Crippen LogP contribution is -1.92. The van der Waals surface area contributed by atoms with Gasteiger partial charge in [-0.2, -0.15) is 0 Å². The van der Waals surface area contributed by atoms with Crippen molar-refractivity contribution >= 4 is 5.97 Å². The molecule has 18 heavy (non-hydrogen) atoms. The number of hydrogen-bond acceptors (Lipinski definition) is 4. The number of nitrogens with zero attached hydrogens (tertiary/aromatic N) is 1. The summed E-state index contributed by atoms with van der Waals surface area (Å²) in [7, 11) is 1.53. The summed E-state index contributed by atoms with van der Waals surface area (Å²) < 4.78 is 23.2. The molecule has 2 rings (SSSR count). The van der Waals surface area contributed by atoms with Gasteiger partial charge in [0.1, 0.15) is 11.5 Å². The zero-order chi connectivity index (χ0) is 13.1. The molecule has 5 nitrogen and oxygen atoms in total. The van der Waals surface area contributed by atoms with Crippen LogP contribution in [0.4, 0.5) is 4.39 Å². The Hall–Kier alpha value is -2.21. The first-order chi connectivity index (χ1) is 8.61. The summed E-state index contributed by atoms with van der Waals surface area (Å²) in [6.45, 7) is 0.330. The van der Waals surface area contributed by atoms with Gasteiger partial charge in [-0.15, -0.1) is 0 Å². The second kappa shape index (κ2) is 4.97. The van der Waals surface area contributed by atoms with Crippen molar-refractivity contribution < 1.29 is 23.6 Å². The molecular formula is C12H10FNO4. The number of ether oxygens (including phenoxy) is 1. The molecule has 6 heteroatoms. The predicted molar refractivity (Wildman–Crippen MR) is 59.6 cm³/mol. The Bertz CT molecular complexity index is 579. The van der Waals surface area contributed by atoms with E-state index in [4.69, 9.17) is 9.84 Å². The van der Waals surface area contributed by atoms with Crippen molar-refractivity contribution in [3.8, 4) is 11.3 Å². The standard InChI is InChI=1S/C12H10FNO4/c1-17-6-7-2-3-9(13)8(4-7)10-5-11(12(15)16)18-14-10/h2-5H,6H2,1H3,(H,15,16). The molecule has 1 aromatic carbocycles. The minimum absolute atomic E-state index is 0.142. The Morgan fingerprint density at radius 2 is 2.28 bits per heavy atom. The van der Waals surface area contributed by atoms with Crippen LogP contribution >= 0.6 is 0 Å². The average molecular weight is 251 g/mol. The molecule has 0 aliphatic rings. The normalized spacial score (nSPS) is 10.6. The Labute approximate surface area is 102 Å². The van der Waals surface area contributed by atoms with E-state index >= 15 is 0 Å². The van der Waals surface area contributed by atoms with E-state index in [0.717, 1.165) is 5.56 Å². The van der Waals surface area contributed by atoms with Crippen LogP contribution in [0.25, 0.3) is 11.3 Å². The second-order valence-corrected chi connectivity index (χ2v) is 3.63. The first-order valence-electron chi connectivity index (χ1n) is 5.09. The highest BCUT2D eigenvalue weighted by atomic mass is 19.1. The van der Waals surface area contributed by atoms with E-state index in [1.807, 2.05) is 0 Å². The number of methoxy groups -OCH3 is 1. The molecule has 0 saturated carbocycles. The largest absolute Gasteiger partial charge is 0.475 e. The summed E-state index contributed by atoms with van der Waals surface area (Å²) >= 11 is 0. The van der Waals surface area contributed by atoms with E-state index in [0.29, 0.717) is 6.61 Å². The summed E-state index contributed by atoms with van der Waals surface area (Å²) in [5, 5.41) is 12.2. The summed E-state index contributed by atoms with van der Waals surface area (Å²) in [5.74, 6) is -2.08. The van der Waals surface area contributed by atoms with Gasteiger partial charge in [0.15, 0.2) is 0 Å². The number of halogens is 1. The highest BCUT2D eigenvalue weighted by Gasteiger charge is 2.15. The number of carboxylic acids is 1. The van der Waals surface area contributed by atoms with Crippen LogP contribution in [0.2, 0.25) is 0 Å². The Morgan fingerprint density at radius 1 is 1.50 bits per heavy atom. The van der Waals surface area contributed by atoms with Gasteiger partial charge in [-0.3, -0.25) is 0 Å². The minimum Gasteiger partial charge on any atom is -0.475 e. The van der Waals surface area contributed by atoms with Crippen molar-refractivity contribution in [1.82, 2.24) is 5.16 Å². The molecule has 0 spiro atoms. The summed E-state index contributed by atoms with van der Waals surface area (Å²) in [6, 6.07) is 5.58. The molecule has 1 heterocycles. The molecule has 94 valence electrons. The van der Waals surface area contributed by atoms with Gasteiger partial charge < -0.3 is 14.4 Å². The first-order valence-corrected chi connectivity index (χ1v) is 5.09. The van der Waals surface area contributed by atoms with Crippen molar-refractivity contribution in [3.63, 3.8) is 0 Å². The molecule has 1 aromatic heterocycles. The topological polar surface area (TPSA) is 72.6 Å². The predicted octanol–water partition coefficient (Wildman–Crippen LogP) is 2.33. The molecule has 0 saturated heterocycles. The number of benzene rings is 1. The molecule has 0 bridgehead atoms. The molecule has 0 atom stereocenters. The fraction of sp³-hybridized carbons (Fsp3) is 0.167. The van der Waals surface area contributed by atoms with E-state index < -0.39 is 11.8 Å². The van der Waals surface area contributed by atoms with Crippen LogP contribution in [0, 0.1) is 5.82 Å². The van der Waals surface area contributed by atoms with Crippen molar-refractivity contribution in [2.24, 2.45) is 0 Å². The molecule has 1 N–H and O–H groups in total. The van der Waals surface area contributed by atoms with Crippen LogP contribution in [0.5, 0.6) is 0 Å². The van der Waals surface area contributed by atoms with Crippen LogP contribution in [-0.4, -0.2) is 23.3 Å². The number of carbonyl (C=O) groups is 1. The quantitative estimate of drug-likeness (QED) is 0.902. The first kappa shape index (κ1) is 12.3. The van der Waals surface area contributed by atoms with E-state index in [9.17, 15) is 9.18 Å². The van der Waals surface area contributed by atoms with Crippen molar-refractivity contribution in [2.45, 2.75) is 6.61 Å². The van der Waals surface area contributed by atoms with Gasteiger partial charge >= 0.3 is 5.97 Å². The number of aromatic nitrogens is 1. The molecular weight excluding hydrogens is 241 g/mol. The lowest BCUT2D eigenvalue weighted by atomic mass is 10.1. The molecule has 0 fully saturated rings. The zero-order valence-corrected chi connectivity index (χ0v) is 9.51. The SMILES string of the molecule is COCc1ccc(F)c(-c2cc(C(=O)O)on2)c1.